The SMILES string of the molecule is CC1(C)CC(C)(C)CC(C)(C)C1.CC1C(C)(C)CCCC1(C)C.CC1C2CCC(C2)[C@H]1C.CC1CC(C)(C)CC(C)(C)C1.CCC1C2CCC(C2)C1(C)C.CCC1CC(C)(C)CC(C)(C)C1.CCC1CC2CCC1C2. The van der Waals surface area contributed by atoms with Gasteiger partial charge in [0.2, 0.25) is 0 Å². The molecule has 0 aliphatic heterocycles. The molecule has 444 valence electrons. The van der Waals surface area contributed by atoms with Crippen LogP contribution in [0, 0.1) is 131 Å². The van der Waals surface area contributed by atoms with Crippen molar-refractivity contribution in [2.45, 2.75) is 347 Å². The Morgan fingerprint density at radius 1 is 0.360 bits per heavy atom. The van der Waals surface area contributed by atoms with Crippen LogP contribution >= 0.6 is 0 Å². The summed E-state index contributed by atoms with van der Waals surface area (Å²) in [5.41, 5.74) is 5.80. The molecule has 0 N–H and O–H groups in total. The van der Waals surface area contributed by atoms with Gasteiger partial charge in [0.1, 0.15) is 0 Å². The highest BCUT2D eigenvalue weighted by Gasteiger charge is 2.51. The lowest BCUT2D eigenvalue weighted by Crippen LogP contribution is -2.38. The molecule has 10 aliphatic carbocycles. The van der Waals surface area contributed by atoms with Crippen molar-refractivity contribution < 1.29 is 0 Å². The first-order valence-electron chi connectivity index (χ1n) is 34.0. The predicted octanol–water partition coefficient (Wildman–Crippen LogP) is 25.2. The van der Waals surface area contributed by atoms with Gasteiger partial charge in [-0.25, -0.2) is 0 Å². The van der Waals surface area contributed by atoms with E-state index in [9.17, 15) is 0 Å². The van der Waals surface area contributed by atoms with E-state index in [0.717, 1.165) is 76.9 Å². The molecule has 0 aromatic heterocycles. The Morgan fingerprint density at radius 2 is 0.760 bits per heavy atom. The van der Waals surface area contributed by atoms with Crippen molar-refractivity contribution in [3.8, 4) is 0 Å². The zero-order chi connectivity index (χ0) is 57.2. The Labute approximate surface area is 476 Å². The molecule has 0 amide bonds. The first-order chi connectivity index (χ1) is 34.0. The van der Waals surface area contributed by atoms with Crippen LogP contribution in [-0.4, -0.2) is 0 Å². The van der Waals surface area contributed by atoms with E-state index in [4.69, 9.17) is 0 Å². The Kier molecular flexibility index (Phi) is 23.1. The van der Waals surface area contributed by atoms with Gasteiger partial charge in [-0.05, 0) is 259 Å². The first-order valence-corrected chi connectivity index (χ1v) is 34.0. The Bertz CT molecular complexity index is 1570. The summed E-state index contributed by atoms with van der Waals surface area (Å²) in [7, 11) is 0. The average molecular weight is 1050 g/mol. The third kappa shape index (κ3) is 19.9. The highest BCUT2D eigenvalue weighted by molar-refractivity contribution is 5.01. The zero-order valence-electron chi connectivity index (χ0n) is 57.2. The van der Waals surface area contributed by atoms with E-state index < -0.39 is 0 Å². The van der Waals surface area contributed by atoms with Crippen LogP contribution < -0.4 is 0 Å². The number of hydrogen-bond acceptors (Lipinski definition) is 0. The van der Waals surface area contributed by atoms with Crippen LogP contribution in [0.5, 0.6) is 0 Å². The lowest BCUT2D eigenvalue weighted by molar-refractivity contribution is 0.0202. The van der Waals surface area contributed by atoms with Crippen molar-refractivity contribution in [3.63, 3.8) is 0 Å². The van der Waals surface area contributed by atoms with E-state index in [-0.39, 0.29) is 0 Å². The van der Waals surface area contributed by atoms with E-state index in [2.05, 4.69) is 187 Å². The van der Waals surface area contributed by atoms with Gasteiger partial charge in [-0.2, -0.15) is 0 Å². The summed E-state index contributed by atoms with van der Waals surface area (Å²) in [4.78, 5) is 0. The second kappa shape index (κ2) is 25.6. The molecule has 10 saturated carbocycles. The fourth-order valence-electron chi connectivity index (χ4n) is 22.9. The molecule has 0 spiro atoms. The molecule has 0 radical (unpaired) electrons. The van der Waals surface area contributed by atoms with Crippen molar-refractivity contribution in [3.05, 3.63) is 0 Å². The molecule has 75 heavy (non-hydrogen) atoms. The quantitative estimate of drug-likeness (QED) is 0.264. The van der Waals surface area contributed by atoms with Crippen LogP contribution in [0.4, 0.5) is 0 Å². The molecule has 0 heteroatoms. The fourth-order valence-corrected chi connectivity index (χ4v) is 22.9. The minimum Gasteiger partial charge on any atom is -0.0651 e. The van der Waals surface area contributed by atoms with Crippen molar-refractivity contribution in [2.24, 2.45) is 131 Å². The summed E-state index contributed by atoms with van der Waals surface area (Å²) in [6.45, 7) is 65.2. The van der Waals surface area contributed by atoms with Crippen molar-refractivity contribution in [2.75, 3.05) is 0 Å². The maximum atomic E-state index is 2.49. The summed E-state index contributed by atoms with van der Waals surface area (Å²) in [6.07, 6.45) is 36.6. The van der Waals surface area contributed by atoms with Crippen LogP contribution in [0.1, 0.15) is 347 Å². The van der Waals surface area contributed by atoms with E-state index in [1.165, 1.54) is 122 Å². The van der Waals surface area contributed by atoms with Crippen molar-refractivity contribution in [1.29, 1.82) is 0 Å². The summed E-state index contributed by atoms with van der Waals surface area (Å²) in [5.74, 6) is 13.7. The van der Waals surface area contributed by atoms with E-state index >= 15 is 0 Å². The lowest BCUT2D eigenvalue weighted by Gasteiger charge is -2.49. The zero-order valence-corrected chi connectivity index (χ0v) is 57.2. The van der Waals surface area contributed by atoms with Crippen molar-refractivity contribution >= 4 is 0 Å². The van der Waals surface area contributed by atoms with Crippen LogP contribution in [-0.2, 0) is 0 Å². The van der Waals surface area contributed by atoms with Crippen LogP contribution in [0.25, 0.3) is 0 Å². The van der Waals surface area contributed by atoms with Gasteiger partial charge in [0.25, 0.3) is 0 Å². The summed E-state index contributed by atoms with van der Waals surface area (Å²) >= 11 is 0. The maximum Gasteiger partial charge on any atom is -0.0295 e. The summed E-state index contributed by atoms with van der Waals surface area (Å²) < 4.78 is 0. The Balaban J connectivity index is 0.000000190. The van der Waals surface area contributed by atoms with E-state index in [1.54, 1.807) is 38.5 Å². The normalized spacial score (nSPS) is 38.0. The van der Waals surface area contributed by atoms with Gasteiger partial charge in [-0.15, -0.1) is 0 Å². The standard InChI is InChI=1S/2C12H24.C11H20.2C11H22.2C9H16/c1-10(2)7-11(3,4)9-12(5,6)8-10;1-6-10-7-11(2,3)9-12(4,5)8-10;1-4-10-8-5-6-9(7-8)11(10,2)3;1-9-6-10(2,3)8-11(4,5)7-9;1-9-10(2,3)7-6-8-11(9,4)5;1-6-7(2)9-4-3-8(6)5-9;1-2-8-5-7-3-4-9(8)6-7/h7-9H2,1-6H3;10H,6-9H2,1-5H3;8-10H,4-7H2,1-3H3;2*9H,6-8H2,1-5H3;6-9H,3-5H2,1-2H3;7-9H,2-6H2,1H3/t;;;;;6-,7?,8?,9?;/m.....0./s1. The van der Waals surface area contributed by atoms with Crippen LogP contribution in [0.15, 0.2) is 0 Å². The second-order valence-electron chi connectivity index (χ2n) is 37.8. The molecule has 0 aromatic carbocycles. The van der Waals surface area contributed by atoms with Gasteiger partial charge >= 0.3 is 0 Å². The third-order valence-corrected chi connectivity index (χ3v) is 24.6. The summed E-state index contributed by atoms with van der Waals surface area (Å²) in [6, 6.07) is 0. The molecular weight excluding hydrogens is 901 g/mol. The minimum absolute atomic E-state index is 0.547. The number of fused-ring (bicyclic) bond motifs is 6. The Morgan fingerprint density at radius 3 is 1.03 bits per heavy atom. The molecule has 6 bridgehead atoms. The number of hydrogen-bond donors (Lipinski definition) is 0. The molecule has 10 aliphatic rings. The van der Waals surface area contributed by atoms with Crippen molar-refractivity contribution in [1.82, 2.24) is 0 Å². The van der Waals surface area contributed by atoms with Gasteiger partial charge in [0.05, 0.1) is 0 Å². The smallest absolute Gasteiger partial charge is 0.0295 e. The topological polar surface area (TPSA) is 0 Å². The Hall–Kier alpha value is 0. The van der Waals surface area contributed by atoms with Gasteiger partial charge in [-0.3, -0.25) is 0 Å². The number of rotatable bonds is 3. The van der Waals surface area contributed by atoms with Gasteiger partial charge in [0.15, 0.2) is 0 Å². The van der Waals surface area contributed by atoms with E-state index in [1.807, 2.05) is 0 Å². The molecule has 10 fully saturated rings. The highest BCUT2D eigenvalue weighted by atomic mass is 14.6. The predicted molar refractivity (Wildman–Crippen MR) is 338 cm³/mol. The molecule has 0 aromatic rings. The van der Waals surface area contributed by atoms with Gasteiger partial charge in [0, 0.05) is 0 Å². The second-order valence-corrected chi connectivity index (χ2v) is 37.8. The summed E-state index contributed by atoms with van der Waals surface area (Å²) in [5, 5.41) is 0. The maximum absolute atomic E-state index is 2.49. The molecule has 9 unspecified atom stereocenters. The lowest BCUT2D eigenvalue weighted by atomic mass is 9.56. The molecule has 10 rings (SSSR count). The molecule has 10 atom stereocenters. The first kappa shape index (κ1) is 67.5. The monoisotopic (exact) mass is 1050 g/mol. The average Bonchev–Trinajstić information content (AvgIpc) is 4.09. The molecule has 0 heterocycles. The largest absolute Gasteiger partial charge is 0.0651 e. The molecule has 0 saturated heterocycles. The molecule has 0 nitrogen and oxygen atoms in total. The van der Waals surface area contributed by atoms with E-state index in [0.29, 0.717) is 54.1 Å². The third-order valence-electron chi connectivity index (χ3n) is 24.6. The fraction of sp³-hybridized carbons (Fsp3) is 1.00. The minimum atomic E-state index is 0.547. The highest BCUT2D eigenvalue weighted by Crippen LogP contribution is 2.61. The molecular formula is C75H144. The van der Waals surface area contributed by atoms with Crippen LogP contribution in [0.3, 0.4) is 0 Å². The van der Waals surface area contributed by atoms with Gasteiger partial charge in [-0.1, -0.05) is 219 Å². The van der Waals surface area contributed by atoms with Gasteiger partial charge < -0.3 is 0 Å². The van der Waals surface area contributed by atoms with Crippen LogP contribution in [0.2, 0.25) is 0 Å².